The van der Waals surface area contributed by atoms with Gasteiger partial charge in [-0.05, 0) is 0 Å². The Bertz CT molecular complexity index is 529. The van der Waals surface area contributed by atoms with Crippen LogP contribution in [0, 0.1) is 0 Å². The minimum atomic E-state index is -0.280. The van der Waals surface area contributed by atoms with Crippen LogP contribution in [-0.2, 0) is 13.6 Å². The number of aryl methyl sites for hydroxylation is 1. The standard InChI is InChI=1S/C9H13N7O/c1-15-4-3-11-6(15)5-16(2)8(17)7-12-9(10)14-13-7/h3-4H,5H2,1-2H3,(H3,10,12,13,14). The first-order valence-electron chi connectivity index (χ1n) is 4.97. The monoisotopic (exact) mass is 235 g/mol. The molecule has 3 N–H and O–H groups in total. The van der Waals surface area contributed by atoms with E-state index in [-0.39, 0.29) is 17.7 Å². The molecule has 1 amide bonds. The van der Waals surface area contributed by atoms with Crippen molar-refractivity contribution in [3.8, 4) is 0 Å². The molecule has 0 atom stereocenters. The fraction of sp³-hybridized carbons (Fsp3) is 0.333. The van der Waals surface area contributed by atoms with Crippen LogP contribution in [0.2, 0.25) is 0 Å². The van der Waals surface area contributed by atoms with E-state index in [1.807, 2.05) is 17.8 Å². The van der Waals surface area contributed by atoms with Crippen LogP contribution in [0.25, 0.3) is 0 Å². The second kappa shape index (κ2) is 4.24. The molecule has 0 fully saturated rings. The number of aromatic nitrogens is 5. The summed E-state index contributed by atoms with van der Waals surface area (Å²) in [6.07, 6.45) is 3.50. The van der Waals surface area contributed by atoms with Crippen molar-refractivity contribution >= 4 is 11.9 Å². The van der Waals surface area contributed by atoms with Crippen LogP contribution in [0.3, 0.4) is 0 Å². The molecule has 2 rings (SSSR count). The molecule has 0 spiro atoms. The number of hydrogen-bond acceptors (Lipinski definition) is 5. The number of nitrogens with one attached hydrogen (secondary N) is 1. The highest BCUT2D eigenvalue weighted by Crippen LogP contribution is 2.03. The van der Waals surface area contributed by atoms with Gasteiger partial charge < -0.3 is 15.2 Å². The van der Waals surface area contributed by atoms with Crippen molar-refractivity contribution in [1.29, 1.82) is 0 Å². The maximum atomic E-state index is 11.9. The van der Waals surface area contributed by atoms with Crippen LogP contribution in [0.5, 0.6) is 0 Å². The summed E-state index contributed by atoms with van der Waals surface area (Å²) in [5.41, 5.74) is 5.34. The second-order valence-electron chi connectivity index (χ2n) is 3.66. The highest BCUT2D eigenvalue weighted by atomic mass is 16.2. The number of amides is 1. The highest BCUT2D eigenvalue weighted by molar-refractivity contribution is 5.90. The number of nitrogen functional groups attached to an aromatic ring is 1. The molecule has 0 aliphatic rings. The Labute approximate surface area is 97.5 Å². The molecule has 0 aliphatic carbocycles. The van der Waals surface area contributed by atoms with Gasteiger partial charge in [-0.1, -0.05) is 0 Å². The summed E-state index contributed by atoms with van der Waals surface area (Å²) in [6.45, 7) is 0.392. The molecule has 0 bridgehead atoms. The van der Waals surface area contributed by atoms with Gasteiger partial charge in [0.2, 0.25) is 11.8 Å². The van der Waals surface area contributed by atoms with Gasteiger partial charge >= 0.3 is 0 Å². The van der Waals surface area contributed by atoms with Crippen LogP contribution in [-0.4, -0.2) is 42.6 Å². The molecule has 0 saturated heterocycles. The van der Waals surface area contributed by atoms with Crippen LogP contribution >= 0.6 is 0 Å². The molecule has 8 nitrogen and oxygen atoms in total. The largest absolute Gasteiger partial charge is 0.366 e. The third-order valence-electron chi connectivity index (χ3n) is 2.35. The molecule has 0 aromatic carbocycles. The second-order valence-corrected chi connectivity index (χ2v) is 3.66. The summed E-state index contributed by atoms with van der Waals surface area (Å²) in [6, 6.07) is 0. The first-order chi connectivity index (χ1) is 8.08. The molecular weight excluding hydrogens is 222 g/mol. The average molecular weight is 235 g/mol. The molecule has 2 aromatic heterocycles. The number of H-pyrrole nitrogens is 1. The topological polar surface area (TPSA) is 106 Å². The van der Waals surface area contributed by atoms with Crippen LogP contribution in [0.1, 0.15) is 16.4 Å². The molecular formula is C9H13N7O. The average Bonchev–Trinajstić information content (AvgIpc) is 2.88. The van der Waals surface area contributed by atoms with E-state index in [2.05, 4.69) is 20.2 Å². The van der Waals surface area contributed by atoms with Gasteiger partial charge in [-0.25, -0.2) is 4.98 Å². The van der Waals surface area contributed by atoms with Gasteiger partial charge in [0.25, 0.3) is 5.91 Å². The van der Waals surface area contributed by atoms with Crippen molar-refractivity contribution in [3.05, 3.63) is 24.0 Å². The summed E-state index contributed by atoms with van der Waals surface area (Å²) < 4.78 is 1.85. The summed E-state index contributed by atoms with van der Waals surface area (Å²) in [5.74, 6) is 0.684. The van der Waals surface area contributed by atoms with Gasteiger partial charge in [0.1, 0.15) is 5.82 Å². The van der Waals surface area contributed by atoms with E-state index in [9.17, 15) is 4.79 Å². The Hall–Kier alpha value is -2.38. The molecule has 17 heavy (non-hydrogen) atoms. The number of rotatable bonds is 3. The number of carbonyl (C=O) groups excluding carboxylic acids is 1. The molecule has 0 radical (unpaired) electrons. The van der Waals surface area contributed by atoms with Crippen molar-refractivity contribution in [2.24, 2.45) is 7.05 Å². The van der Waals surface area contributed by atoms with Crippen LogP contribution in [0.15, 0.2) is 12.4 Å². The van der Waals surface area contributed by atoms with E-state index in [4.69, 9.17) is 5.73 Å². The lowest BCUT2D eigenvalue weighted by Gasteiger charge is -2.14. The van der Waals surface area contributed by atoms with Crippen molar-refractivity contribution in [1.82, 2.24) is 29.6 Å². The molecule has 0 unspecified atom stereocenters. The van der Waals surface area contributed by atoms with Crippen molar-refractivity contribution in [2.75, 3.05) is 12.8 Å². The van der Waals surface area contributed by atoms with E-state index >= 15 is 0 Å². The van der Waals surface area contributed by atoms with E-state index in [0.717, 1.165) is 5.82 Å². The third kappa shape index (κ3) is 2.25. The minimum absolute atomic E-state index is 0.0544. The molecule has 90 valence electrons. The Balaban J connectivity index is 2.08. The number of imidazole rings is 1. The third-order valence-corrected chi connectivity index (χ3v) is 2.35. The quantitative estimate of drug-likeness (QED) is 0.738. The number of anilines is 1. The Kier molecular flexibility index (Phi) is 2.77. The Morgan fingerprint density at radius 2 is 2.41 bits per heavy atom. The number of hydrogen-bond donors (Lipinski definition) is 2. The smallest absolute Gasteiger partial charge is 0.291 e. The van der Waals surface area contributed by atoms with Gasteiger partial charge in [0, 0.05) is 26.5 Å². The zero-order valence-corrected chi connectivity index (χ0v) is 9.58. The van der Waals surface area contributed by atoms with E-state index < -0.39 is 0 Å². The van der Waals surface area contributed by atoms with Gasteiger partial charge in [-0.3, -0.25) is 9.89 Å². The van der Waals surface area contributed by atoms with E-state index in [1.54, 1.807) is 13.2 Å². The molecule has 2 aromatic rings. The normalized spacial score (nSPS) is 10.5. The van der Waals surface area contributed by atoms with Gasteiger partial charge in [-0.2, -0.15) is 4.98 Å². The summed E-state index contributed by atoms with van der Waals surface area (Å²) in [7, 11) is 3.53. The lowest BCUT2D eigenvalue weighted by Crippen LogP contribution is -2.28. The maximum Gasteiger partial charge on any atom is 0.291 e. The number of nitrogens with two attached hydrogens (primary N) is 1. The van der Waals surface area contributed by atoms with Crippen LogP contribution < -0.4 is 5.73 Å². The van der Waals surface area contributed by atoms with Gasteiger partial charge in [0.15, 0.2) is 0 Å². The summed E-state index contributed by atoms with van der Waals surface area (Å²) in [5, 5.41) is 6.08. The molecule has 0 saturated carbocycles. The predicted octanol–water partition coefficient (Wildman–Crippen LogP) is -0.607. The predicted molar refractivity (Wildman–Crippen MR) is 59.8 cm³/mol. The summed E-state index contributed by atoms with van der Waals surface area (Å²) in [4.78, 5) is 21.3. The summed E-state index contributed by atoms with van der Waals surface area (Å²) >= 11 is 0. The van der Waals surface area contributed by atoms with Crippen molar-refractivity contribution < 1.29 is 4.79 Å². The maximum absolute atomic E-state index is 11.9. The lowest BCUT2D eigenvalue weighted by atomic mass is 10.4. The fourth-order valence-corrected chi connectivity index (χ4v) is 1.38. The van der Waals surface area contributed by atoms with E-state index in [0.29, 0.717) is 6.54 Å². The van der Waals surface area contributed by atoms with E-state index in [1.165, 1.54) is 4.90 Å². The molecule has 2 heterocycles. The first-order valence-corrected chi connectivity index (χ1v) is 4.97. The number of carbonyl (C=O) groups is 1. The SMILES string of the molecule is CN(Cc1nccn1C)C(=O)c1nc(N)n[nH]1. The van der Waals surface area contributed by atoms with Gasteiger partial charge in [0.05, 0.1) is 6.54 Å². The van der Waals surface area contributed by atoms with Gasteiger partial charge in [-0.15, -0.1) is 5.10 Å². The Morgan fingerprint density at radius 3 is 2.94 bits per heavy atom. The fourth-order valence-electron chi connectivity index (χ4n) is 1.38. The zero-order valence-electron chi connectivity index (χ0n) is 9.58. The van der Waals surface area contributed by atoms with Crippen LogP contribution in [0.4, 0.5) is 5.95 Å². The minimum Gasteiger partial charge on any atom is -0.366 e. The number of nitrogens with zero attached hydrogens (tertiary/aromatic N) is 5. The van der Waals surface area contributed by atoms with Crippen molar-refractivity contribution in [3.63, 3.8) is 0 Å². The lowest BCUT2D eigenvalue weighted by molar-refractivity contribution is 0.0769. The molecule has 0 aliphatic heterocycles. The zero-order chi connectivity index (χ0) is 12.4. The van der Waals surface area contributed by atoms with Crippen molar-refractivity contribution in [2.45, 2.75) is 6.54 Å². The first kappa shape index (κ1) is 11.1. The highest BCUT2D eigenvalue weighted by Gasteiger charge is 2.17. The number of aromatic amines is 1. The Morgan fingerprint density at radius 1 is 1.65 bits per heavy atom. The molecule has 8 heteroatoms.